The summed E-state index contributed by atoms with van der Waals surface area (Å²) in [5.74, 6) is 6.34. The van der Waals surface area contributed by atoms with Crippen LogP contribution in [0.5, 0.6) is 0 Å². The lowest BCUT2D eigenvalue weighted by molar-refractivity contribution is 0.183. The Balaban J connectivity index is 2.63. The van der Waals surface area contributed by atoms with Gasteiger partial charge in [-0.15, -0.1) is 0 Å². The maximum Gasteiger partial charge on any atom is 0.208 e. The van der Waals surface area contributed by atoms with Gasteiger partial charge < -0.3 is 9.64 Å². The Labute approximate surface area is 98.0 Å². The van der Waals surface area contributed by atoms with Crippen molar-refractivity contribution in [3.05, 3.63) is 0 Å². The molecule has 16 heavy (non-hydrogen) atoms. The van der Waals surface area contributed by atoms with E-state index in [2.05, 4.69) is 22.2 Å². The highest BCUT2D eigenvalue weighted by atomic mass is 16.5. The predicted octanol–water partition coefficient (Wildman–Crippen LogP) is 0.715. The number of methoxy groups -OCH3 is 1. The van der Waals surface area contributed by atoms with E-state index in [1.54, 1.807) is 7.11 Å². The van der Waals surface area contributed by atoms with E-state index < -0.39 is 0 Å². The summed E-state index contributed by atoms with van der Waals surface area (Å²) in [6, 6.07) is 0.642. The number of hydrogen-bond donors (Lipinski definition) is 2. The maximum atomic E-state index is 5.55. The molecule has 0 aromatic rings. The number of nitrogens with two attached hydrogens (primary N) is 1. The molecule has 1 rings (SSSR count). The second-order valence-corrected chi connectivity index (χ2v) is 4.44. The Morgan fingerprint density at radius 2 is 2.38 bits per heavy atom. The number of aliphatic imine (C=N–C) groups is 1. The fourth-order valence-electron chi connectivity index (χ4n) is 2.09. The minimum atomic E-state index is 0.130. The van der Waals surface area contributed by atoms with Crippen molar-refractivity contribution in [2.75, 3.05) is 20.3 Å². The van der Waals surface area contributed by atoms with Gasteiger partial charge in [-0.2, -0.15) is 0 Å². The molecule has 2 unspecified atom stereocenters. The largest absolute Gasteiger partial charge is 0.382 e. The van der Waals surface area contributed by atoms with Gasteiger partial charge in [-0.1, -0.05) is 0 Å². The number of guanidine groups is 1. The van der Waals surface area contributed by atoms with Crippen LogP contribution in [0, 0.1) is 0 Å². The number of hydrogen-bond acceptors (Lipinski definition) is 3. The highest BCUT2D eigenvalue weighted by Crippen LogP contribution is 2.16. The summed E-state index contributed by atoms with van der Waals surface area (Å²) in [6.07, 6.45) is 3.71. The van der Waals surface area contributed by atoms with Crippen molar-refractivity contribution in [1.29, 1.82) is 0 Å². The Hall–Kier alpha value is -0.810. The van der Waals surface area contributed by atoms with Crippen molar-refractivity contribution in [3.8, 4) is 0 Å². The third-order valence-electron chi connectivity index (χ3n) is 2.95. The molecule has 5 nitrogen and oxygen atoms in total. The first-order chi connectivity index (χ1) is 7.69. The van der Waals surface area contributed by atoms with Gasteiger partial charge in [0, 0.05) is 19.7 Å². The molecule has 0 spiro atoms. The molecule has 1 heterocycles. The third-order valence-corrected chi connectivity index (χ3v) is 2.95. The van der Waals surface area contributed by atoms with Crippen LogP contribution in [0.15, 0.2) is 4.99 Å². The zero-order chi connectivity index (χ0) is 12.0. The van der Waals surface area contributed by atoms with Gasteiger partial charge in [0.1, 0.15) is 0 Å². The number of piperidine rings is 1. The summed E-state index contributed by atoms with van der Waals surface area (Å²) in [6.45, 7) is 5.89. The van der Waals surface area contributed by atoms with Crippen molar-refractivity contribution < 1.29 is 4.74 Å². The van der Waals surface area contributed by atoms with Crippen molar-refractivity contribution in [2.24, 2.45) is 10.8 Å². The number of nitrogens with zero attached hydrogens (tertiary/aromatic N) is 2. The molecule has 1 saturated heterocycles. The van der Waals surface area contributed by atoms with Crippen LogP contribution in [0.1, 0.15) is 33.1 Å². The molecule has 0 aromatic heterocycles. The lowest BCUT2D eigenvalue weighted by Gasteiger charge is -2.35. The smallest absolute Gasteiger partial charge is 0.208 e. The molecule has 0 saturated carbocycles. The highest BCUT2D eigenvalue weighted by molar-refractivity contribution is 5.80. The maximum absolute atomic E-state index is 5.55. The molecule has 0 aliphatic carbocycles. The van der Waals surface area contributed by atoms with Crippen LogP contribution in [0.3, 0.4) is 0 Å². The van der Waals surface area contributed by atoms with E-state index >= 15 is 0 Å². The summed E-state index contributed by atoms with van der Waals surface area (Å²) >= 11 is 0. The summed E-state index contributed by atoms with van der Waals surface area (Å²) in [4.78, 5) is 6.79. The molecular weight excluding hydrogens is 204 g/mol. The summed E-state index contributed by atoms with van der Waals surface area (Å²) in [5.41, 5.74) is 2.71. The number of likely N-dealkylation sites (tertiary alicyclic amines) is 1. The van der Waals surface area contributed by atoms with Gasteiger partial charge in [-0.05, 0) is 33.1 Å². The first-order valence-corrected chi connectivity index (χ1v) is 5.99. The van der Waals surface area contributed by atoms with Crippen molar-refractivity contribution in [3.63, 3.8) is 0 Å². The summed E-state index contributed by atoms with van der Waals surface area (Å²) in [7, 11) is 1.69. The number of hydrazine groups is 1. The Morgan fingerprint density at radius 3 is 2.94 bits per heavy atom. The zero-order valence-electron chi connectivity index (χ0n) is 10.6. The molecule has 2 atom stereocenters. The zero-order valence-corrected chi connectivity index (χ0v) is 10.6. The third kappa shape index (κ3) is 3.64. The molecule has 0 amide bonds. The van der Waals surface area contributed by atoms with Gasteiger partial charge in [-0.25, -0.2) is 10.8 Å². The monoisotopic (exact) mass is 228 g/mol. The van der Waals surface area contributed by atoms with Gasteiger partial charge in [0.2, 0.25) is 5.96 Å². The topological polar surface area (TPSA) is 62.9 Å². The first kappa shape index (κ1) is 13.3. The molecule has 0 aromatic carbocycles. The molecule has 1 aliphatic heterocycles. The fourth-order valence-corrected chi connectivity index (χ4v) is 2.09. The molecular formula is C11H24N4O. The summed E-state index contributed by atoms with van der Waals surface area (Å²) < 4.78 is 5.07. The molecule has 0 radical (unpaired) electrons. The highest BCUT2D eigenvalue weighted by Gasteiger charge is 2.21. The number of ether oxygens (including phenoxy) is 1. The van der Waals surface area contributed by atoms with Gasteiger partial charge in [0.15, 0.2) is 0 Å². The molecule has 1 fully saturated rings. The Bertz CT molecular complexity index is 232. The van der Waals surface area contributed by atoms with Crippen LogP contribution in [-0.2, 0) is 4.74 Å². The second-order valence-electron chi connectivity index (χ2n) is 4.44. The van der Waals surface area contributed by atoms with Crippen molar-refractivity contribution in [2.45, 2.75) is 45.2 Å². The minimum Gasteiger partial charge on any atom is -0.382 e. The lowest BCUT2D eigenvalue weighted by atomic mass is 10.0. The second kappa shape index (κ2) is 6.70. The average Bonchev–Trinajstić information content (AvgIpc) is 2.27. The van der Waals surface area contributed by atoms with Crippen LogP contribution >= 0.6 is 0 Å². The summed E-state index contributed by atoms with van der Waals surface area (Å²) in [5, 5.41) is 0. The van der Waals surface area contributed by atoms with Gasteiger partial charge >= 0.3 is 0 Å². The lowest BCUT2D eigenvalue weighted by Crippen LogP contribution is -2.51. The Kier molecular flexibility index (Phi) is 5.55. The first-order valence-electron chi connectivity index (χ1n) is 5.99. The molecule has 5 heteroatoms. The van der Waals surface area contributed by atoms with Crippen molar-refractivity contribution >= 4 is 5.96 Å². The van der Waals surface area contributed by atoms with E-state index in [0.717, 1.165) is 12.5 Å². The van der Waals surface area contributed by atoms with E-state index in [4.69, 9.17) is 10.6 Å². The van der Waals surface area contributed by atoms with E-state index in [0.29, 0.717) is 12.6 Å². The quantitative estimate of drug-likeness (QED) is 0.323. The minimum absolute atomic E-state index is 0.130. The van der Waals surface area contributed by atoms with Gasteiger partial charge in [-0.3, -0.25) is 5.43 Å². The van der Waals surface area contributed by atoms with E-state index in [1.807, 2.05) is 6.92 Å². The van der Waals surface area contributed by atoms with Crippen LogP contribution in [0.2, 0.25) is 0 Å². The van der Waals surface area contributed by atoms with E-state index in [1.165, 1.54) is 19.3 Å². The van der Waals surface area contributed by atoms with E-state index in [-0.39, 0.29) is 6.04 Å². The molecule has 94 valence electrons. The van der Waals surface area contributed by atoms with Crippen molar-refractivity contribution in [1.82, 2.24) is 10.3 Å². The van der Waals surface area contributed by atoms with Crippen LogP contribution < -0.4 is 11.3 Å². The Morgan fingerprint density at radius 1 is 1.62 bits per heavy atom. The van der Waals surface area contributed by atoms with Crippen LogP contribution in [0.25, 0.3) is 0 Å². The normalized spacial score (nSPS) is 24.4. The predicted molar refractivity (Wildman–Crippen MR) is 66.1 cm³/mol. The van der Waals surface area contributed by atoms with E-state index in [9.17, 15) is 0 Å². The number of rotatable bonds is 3. The number of nitrogens with one attached hydrogen (secondary N) is 1. The van der Waals surface area contributed by atoms with Gasteiger partial charge in [0.05, 0.1) is 12.6 Å². The SMILES string of the molecule is COCC(C)N=C(NN)N1CCCCC1C. The molecule has 1 aliphatic rings. The molecule has 3 N–H and O–H groups in total. The van der Waals surface area contributed by atoms with Crippen LogP contribution in [0.4, 0.5) is 0 Å². The average molecular weight is 228 g/mol. The molecule has 0 bridgehead atoms. The fraction of sp³-hybridized carbons (Fsp3) is 0.909. The standard InChI is InChI=1S/C11H24N4O/c1-9(8-16-3)13-11(14-12)15-7-5-4-6-10(15)2/h9-10H,4-8,12H2,1-3H3,(H,13,14). The van der Waals surface area contributed by atoms with Crippen LogP contribution in [-0.4, -0.2) is 43.2 Å². The van der Waals surface area contributed by atoms with Gasteiger partial charge in [0.25, 0.3) is 0 Å².